The van der Waals surface area contributed by atoms with Crippen molar-refractivity contribution in [2.75, 3.05) is 24.8 Å². The normalized spacial score (nSPS) is 11.3. The molecule has 0 atom stereocenters. The van der Waals surface area contributed by atoms with Gasteiger partial charge < -0.3 is 20.6 Å². The third-order valence-corrected chi connectivity index (χ3v) is 3.37. The minimum atomic E-state index is -1.04. The van der Waals surface area contributed by atoms with Crippen molar-refractivity contribution >= 4 is 23.4 Å². The molecule has 0 amide bonds. The molecule has 100 valence electrons. The second-order valence-electron chi connectivity index (χ2n) is 4.19. The molecule has 0 heterocycles. The van der Waals surface area contributed by atoms with Crippen LogP contribution in [0, 0.1) is 0 Å². The number of rotatable bonds is 6. The molecule has 0 aliphatic heterocycles. The Balaban J connectivity index is 3.20. The quantitative estimate of drug-likeness (QED) is 0.582. The van der Waals surface area contributed by atoms with E-state index >= 15 is 0 Å². The number of thioether (sulfide) groups is 1. The summed E-state index contributed by atoms with van der Waals surface area (Å²) in [5.41, 5.74) is -0.417. The lowest BCUT2D eigenvalue weighted by Gasteiger charge is -2.28. The summed E-state index contributed by atoms with van der Waals surface area (Å²) in [6.45, 7) is 1.02. The van der Waals surface area contributed by atoms with Gasteiger partial charge in [0, 0.05) is 4.90 Å². The Morgan fingerprint density at radius 1 is 1.39 bits per heavy atom. The van der Waals surface area contributed by atoms with E-state index < -0.39 is 11.5 Å². The maximum Gasteiger partial charge on any atom is 0.338 e. The second kappa shape index (κ2) is 6.08. The maximum absolute atomic E-state index is 11.3. The van der Waals surface area contributed by atoms with Gasteiger partial charge in [-0.3, -0.25) is 0 Å². The topological polar surface area (TPSA) is 89.8 Å². The molecule has 0 saturated heterocycles. The van der Waals surface area contributed by atoms with Gasteiger partial charge in [0.1, 0.15) is 0 Å². The van der Waals surface area contributed by atoms with Gasteiger partial charge >= 0.3 is 5.97 Å². The molecule has 0 radical (unpaired) electrons. The number of hydrogen-bond donors (Lipinski definition) is 4. The third kappa shape index (κ3) is 3.16. The van der Waals surface area contributed by atoms with Gasteiger partial charge in [-0.05, 0) is 25.3 Å². The first kappa shape index (κ1) is 14.8. The Morgan fingerprint density at radius 2 is 2.00 bits per heavy atom. The smallest absolute Gasteiger partial charge is 0.338 e. The number of aliphatic hydroxyl groups excluding tert-OH is 2. The lowest BCUT2D eigenvalue weighted by molar-refractivity contribution is 0.0693. The highest BCUT2D eigenvalue weighted by Gasteiger charge is 2.25. The van der Waals surface area contributed by atoms with Crippen LogP contribution in [-0.4, -0.2) is 46.3 Å². The highest BCUT2D eigenvalue weighted by Crippen LogP contribution is 2.29. The molecule has 4 N–H and O–H groups in total. The average Bonchev–Trinajstić information content (AvgIpc) is 2.37. The molecule has 0 aromatic heterocycles. The standard InChI is InChI=1S/C12H17NO4S/c1-12(6-14,7-15)13-8-4-3-5-9(18-2)10(8)11(16)17/h3-5,13-15H,6-7H2,1-2H3,(H,16,17). The highest BCUT2D eigenvalue weighted by atomic mass is 32.2. The van der Waals surface area contributed by atoms with Gasteiger partial charge in [-0.1, -0.05) is 6.07 Å². The molecule has 0 aliphatic carbocycles. The van der Waals surface area contributed by atoms with E-state index in [1.807, 2.05) is 0 Å². The lowest BCUT2D eigenvalue weighted by atomic mass is 10.0. The van der Waals surface area contributed by atoms with Gasteiger partial charge in [0.15, 0.2) is 0 Å². The largest absolute Gasteiger partial charge is 0.478 e. The lowest BCUT2D eigenvalue weighted by Crippen LogP contribution is -2.43. The molecule has 18 heavy (non-hydrogen) atoms. The molecule has 1 aromatic rings. The molecule has 6 heteroatoms. The van der Waals surface area contributed by atoms with E-state index in [1.54, 1.807) is 31.4 Å². The fraction of sp³-hybridized carbons (Fsp3) is 0.417. The van der Waals surface area contributed by atoms with Crippen LogP contribution in [0.15, 0.2) is 23.1 Å². The van der Waals surface area contributed by atoms with Crippen molar-refractivity contribution in [3.8, 4) is 0 Å². The number of anilines is 1. The molecule has 1 rings (SSSR count). The highest BCUT2D eigenvalue weighted by molar-refractivity contribution is 7.98. The van der Waals surface area contributed by atoms with Gasteiger partial charge in [0.25, 0.3) is 0 Å². The first-order valence-corrected chi connectivity index (χ1v) is 6.60. The van der Waals surface area contributed by atoms with Crippen molar-refractivity contribution in [3.63, 3.8) is 0 Å². The van der Waals surface area contributed by atoms with Crippen molar-refractivity contribution in [2.45, 2.75) is 17.4 Å². The Labute approximate surface area is 110 Å². The van der Waals surface area contributed by atoms with E-state index in [9.17, 15) is 20.1 Å². The van der Waals surface area contributed by atoms with Gasteiger partial charge in [0.2, 0.25) is 0 Å². The Morgan fingerprint density at radius 3 is 2.44 bits per heavy atom. The maximum atomic E-state index is 11.3. The number of benzene rings is 1. The summed E-state index contributed by atoms with van der Waals surface area (Å²) >= 11 is 1.33. The molecule has 5 nitrogen and oxygen atoms in total. The van der Waals surface area contributed by atoms with Gasteiger partial charge in [-0.25, -0.2) is 4.79 Å². The zero-order valence-corrected chi connectivity index (χ0v) is 11.1. The molecule has 0 fully saturated rings. The van der Waals surface area contributed by atoms with Crippen molar-refractivity contribution in [1.29, 1.82) is 0 Å². The predicted octanol–water partition coefficient (Wildman–Crippen LogP) is 1.26. The Bertz CT molecular complexity index is 432. The first-order valence-electron chi connectivity index (χ1n) is 5.37. The van der Waals surface area contributed by atoms with E-state index in [1.165, 1.54) is 11.8 Å². The summed E-state index contributed by atoms with van der Waals surface area (Å²) in [5, 5.41) is 30.6. The molecule has 0 saturated carbocycles. The Kier molecular flexibility index (Phi) is 5.01. The summed E-state index contributed by atoms with van der Waals surface area (Å²) in [5.74, 6) is -1.04. The second-order valence-corrected chi connectivity index (χ2v) is 5.04. The van der Waals surface area contributed by atoms with E-state index in [0.29, 0.717) is 10.6 Å². The number of carboxylic acids is 1. The number of hydrogen-bond acceptors (Lipinski definition) is 5. The van der Waals surface area contributed by atoms with Gasteiger partial charge in [-0.15, -0.1) is 11.8 Å². The zero-order valence-electron chi connectivity index (χ0n) is 10.3. The van der Waals surface area contributed by atoms with Crippen LogP contribution in [-0.2, 0) is 0 Å². The summed E-state index contributed by atoms with van der Waals surface area (Å²) in [4.78, 5) is 11.9. The number of nitrogens with one attached hydrogen (secondary N) is 1. The molecule has 0 spiro atoms. The predicted molar refractivity (Wildman–Crippen MR) is 71.4 cm³/mol. The van der Waals surface area contributed by atoms with Gasteiger partial charge in [0.05, 0.1) is 30.0 Å². The summed E-state index contributed by atoms with van der Waals surface area (Å²) < 4.78 is 0. The molecular formula is C12H17NO4S. The fourth-order valence-electron chi connectivity index (χ4n) is 1.48. The van der Waals surface area contributed by atoms with E-state index in [0.717, 1.165) is 0 Å². The van der Waals surface area contributed by atoms with Crippen LogP contribution in [0.4, 0.5) is 5.69 Å². The van der Waals surface area contributed by atoms with E-state index in [4.69, 9.17) is 0 Å². The zero-order chi connectivity index (χ0) is 13.8. The van der Waals surface area contributed by atoms with Crippen LogP contribution in [0.1, 0.15) is 17.3 Å². The minimum Gasteiger partial charge on any atom is -0.478 e. The number of aliphatic hydroxyl groups is 2. The SMILES string of the molecule is CSc1cccc(NC(C)(CO)CO)c1C(=O)O. The van der Waals surface area contributed by atoms with E-state index in [2.05, 4.69) is 5.32 Å². The van der Waals surface area contributed by atoms with Crippen molar-refractivity contribution in [1.82, 2.24) is 0 Å². The average molecular weight is 271 g/mol. The monoisotopic (exact) mass is 271 g/mol. The van der Waals surface area contributed by atoms with Crippen LogP contribution in [0.25, 0.3) is 0 Å². The third-order valence-electron chi connectivity index (χ3n) is 2.59. The Hall–Kier alpha value is -1.24. The summed E-state index contributed by atoms with van der Waals surface area (Å²) in [6.07, 6.45) is 1.79. The summed E-state index contributed by atoms with van der Waals surface area (Å²) in [7, 11) is 0. The number of carbonyl (C=O) groups is 1. The van der Waals surface area contributed by atoms with Crippen LogP contribution in [0.5, 0.6) is 0 Å². The molecular weight excluding hydrogens is 254 g/mol. The van der Waals surface area contributed by atoms with Crippen LogP contribution in [0.3, 0.4) is 0 Å². The fourth-order valence-corrected chi connectivity index (χ4v) is 2.10. The van der Waals surface area contributed by atoms with Crippen LogP contribution in [0.2, 0.25) is 0 Å². The van der Waals surface area contributed by atoms with Crippen molar-refractivity contribution in [3.05, 3.63) is 23.8 Å². The first-order chi connectivity index (χ1) is 8.47. The molecule has 0 unspecified atom stereocenters. The van der Waals surface area contributed by atoms with Crippen LogP contribution >= 0.6 is 11.8 Å². The minimum absolute atomic E-state index is 0.151. The molecule has 0 bridgehead atoms. The number of carboxylic acid groups (broad SMARTS) is 1. The summed E-state index contributed by atoms with van der Waals surface area (Å²) in [6, 6.07) is 5.07. The van der Waals surface area contributed by atoms with Gasteiger partial charge in [-0.2, -0.15) is 0 Å². The van der Waals surface area contributed by atoms with E-state index in [-0.39, 0.29) is 18.8 Å². The molecule has 0 aliphatic rings. The van der Waals surface area contributed by atoms with Crippen molar-refractivity contribution < 1.29 is 20.1 Å². The number of aromatic carboxylic acids is 1. The molecule has 1 aromatic carbocycles. The van der Waals surface area contributed by atoms with Crippen LogP contribution < -0.4 is 5.32 Å². The van der Waals surface area contributed by atoms with Crippen molar-refractivity contribution in [2.24, 2.45) is 0 Å².